The van der Waals surface area contributed by atoms with E-state index in [1.165, 1.54) is 12.1 Å². The van der Waals surface area contributed by atoms with Gasteiger partial charge in [-0.3, -0.25) is 0 Å². The van der Waals surface area contributed by atoms with Crippen molar-refractivity contribution in [2.24, 2.45) is 0 Å². The van der Waals surface area contributed by atoms with E-state index in [1.807, 2.05) is 0 Å². The van der Waals surface area contributed by atoms with Crippen LogP contribution in [0.25, 0.3) is 0 Å². The van der Waals surface area contributed by atoms with Crippen LogP contribution in [0.5, 0.6) is 0 Å². The molecule has 4 N–H and O–H groups in total. The maximum absolute atomic E-state index is 13.3. The molecule has 0 bridgehead atoms. The van der Waals surface area contributed by atoms with Crippen LogP contribution < -0.4 is 16.4 Å². The highest BCUT2D eigenvalue weighted by Crippen LogP contribution is 2.19. The Kier molecular flexibility index (Phi) is 4.01. The second kappa shape index (κ2) is 5.71. The van der Waals surface area contributed by atoms with E-state index in [0.717, 1.165) is 0 Å². The first-order valence-electron chi connectivity index (χ1n) is 5.43. The Labute approximate surface area is 117 Å². The molecule has 0 aliphatic heterocycles. The van der Waals surface area contributed by atoms with Gasteiger partial charge in [0.1, 0.15) is 5.82 Å². The molecule has 2 rings (SSSR count). The summed E-state index contributed by atoms with van der Waals surface area (Å²) in [5, 5.41) is 5.13. The summed E-state index contributed by atoms with van der Waals surface area (Å²) in [6.45, 7) is 0. The van der Waals surface area contributed by atoms with Crippen LogP contribution in [0.1, 0.15) is 0 Å². The molecule has 0 aliphatic rings. The third-order valence-corrected chi connectivity index (χ3v) is 2.97. The molecule has 0 aliphatic carbocycles. The van der Waals surface area contributed by atoms with Crippen molar-refractivity contribution >= 4 is 39.0 Å². The molecule has 98 valence electrons. The first-order chi connectivity index (χ1) is 9.04. The standard InChI is InChI=1S/C13H11BrFN3O/c14-11-5-4-10(7-12(11)15)18-13(19)17-9-3-1-2-8(16)6-9/h1-7H,16H2,(H2,17,18,19). The maximum atomic E-state index is 13.3. The minimum Gasteiger partial charge on any atom is -0.399 e. The molecule has 0 radical (unpaired) electrons. The average Bonchev–Trinajstić information content (AvgIpc) is 2.34. The van der Waals surface area contributed by atoms with Crippen LogP contribution in [0.3, 0.4) is 0 Å². The quantitative estimate of drug-likeness (QED) is 0.735. The molecule has 0 unspecified atom stereocenters. The van der Waals surface area contributed by atoms with Gasteiger partial charge in [-0.2, -0.15) is 0 Å². The van der Waals surface area contributed by atoms with E-state index >= 15 is 0 Å². The molecule has 2 amide bonds. The van der Waals surface area contributed by atoms with Crippen molar-refractivity contribution in [1.29, 1.82) is 0 Å². The van der Waals surface area contributed by atoms with Gasteiger partial charge in [0.25, 0.3) is 0 Å². The van der Waals surface area contributed by atoms with E-state index in [9.17, 15) is 9.18 Å². The molecule has 0 fully saturated rings. The SMILES string of the molecule is Nc1cccc(NC(=O)Nc2ccc(Br)c(F)c2)c1. The number of hydrogen-bond acceptors (Lipinski definition) is 2. The van der Waals surface area contributed by atoms with E-state index in [2.05, 4.69) is 26.6 Å². The monoisotopic (exact) mass is 323 g/mol. The Morgan fingerprint density at radius 2 is 1.79 bits per heavy atom. The smallest absolute Gasteiger partial charge is 0.323 e. The van der Waals surface area contributed by atoms with Gasteiger partial charge in [-0.05, 0) is 52.3 Å². The third-order valence-electron chi connectivity index (χ3n) is 2.32. The highest BCUT2D eigenvalue weighted by atomic mass is 79.9. The first-order valence-corrected chi connectivity index (χ1v) is 6.22. The van der Waals surface area contributed by atoms with Crippen molar-refractivity contribution in [3.8, 4) is 0 Å². The predicted molar refractivity (Wildman–Crippen MR) is 77.6 cm³/mol. The lowest BCUT2D eigenvalue weighted by molar-refractivity contribution is 0.262. The fraction of sp³-hybridized carbons (Fsp3) is 0. The molecule has 2 aromatic rings. The van der Waals surface area contributed by atoms with Gasteiger partial charge in [-0.1, -0.05) is 6.07 Å². The van der Waals surface area contributed by atoms with E-state index in [4.69, 9.17) is 5.73 Å². The molecule has 0 heterocycles. The summed E-state index contributed by atoms with van der Waals surface area (Å²) < 4.78 is 13.6. The molecular weight excluding hydrogens is 313 g/mol. The first kappa shape index (κ1) is 13.4. The predicted octanol–water partition coefficient (Wildman–Crippen LogP) is 3.81. The molecule has 4 nitrogen and oxygen atoms in total. The molecule has 0 aromatic heterocycles. The molecule has 0 saturated carbocycles. The van der Waals surface area contributed by atoms with Gasteiger partial charge in [-0.15, -0.1) is 0 Å². The minimum atomic E-state index is -0.465. The van der Waals surface area contributed by atoms with Crippen molar-refractivity contribution in [3.63, 3.8) is 0 Å². The van der Waals surface area contributed by atoms with Crippen molar-refractivity contribution in [2.45, 2.75) is 0 Å². The van der Waals surface area contributed by atoms with Gasteiger partial charge < -0.3 is 16.4 Å². The summed E-state index contributed by atoms with van der Waals surface area (Å²) >= 11 is 3.04. The second-order valence-corrected chi connectivity index (χ2v) is 4.69. The van der Waals surface area contributed by atoms with Gasteiger partial charge in [0.05, 0.1) is 4.47 Å². The number of benzene rings is 2. The van der Waals surface area contributed by atoms with Crippen LogP contribution in [0.15, 0.2) is 46.9 Å². The molecule has 2 aromatic carbocycles. The van der Waals surface area contributed by atoms with Crippen LogP contribution in [-0.2, 0) is 0 Å². The number of carbonyl (C=O) groups is 1. The Hall–Kier alpha value is -2.08. The Morgan fingerprint density at radius 3 is 2.42 bits per heavy atom. The number of nitrogens with two attached hydrogens (primary N) is 1. The zero-order valence-corrected chi connectivity index (χ0v) is 11.4. The number of halogens is 2. The third kappa shape index (κ3) is 3.69. The van der Waals surface area contributed by atoms with Gasteiger partial charge in [-0.25, -0.2) is 9.18 Å². The highest BCUT2D eigenvalue weighted by molar-refractivity contribution is 9.10. The number of rotatable bonds is 2. The number of nitrogen functional groups attached to an aromatic ring is 1. The second-order valence-electron chi connectivity index (χ2n) is 3.83. The number of urea groups is 1. The molecule has 0 spiro atoms. The van der Waals surface area contributed by atoms with Gasteiger partial charge in [0, 0.05) is 17.1 Å². The van der Waals surface area contributed by atoms with Crippen LogP contribution in [-0.4, -0.2) is 6.03 Å². The maximum Gasteiger partial charge on any atom is 0.323 e. The summed E-state index contributed by atoms with van der Waals surface area (Å²) in [5.74, 6) is -0.443. The summed E-state index contributed by atoms with van der Waals surface area (Å²) in [6.07, 6.45) is 0. The van der Waals surface area contributed by atoms with Crippen LogP contribution in [0.4, 0.5) is 26.2 Å². The Balaban J connectivity index is 2.03. The zero-order chi connectivity index (χ0) is 13.8. The van der Waals surface area contributed by atoms with Crippen molar-refractivity contribution in [1.82, 2.24) is 0 Å². The summed E-state index contributed by atoms with van der Waals surface area (Å²) in [7, 11) is 0. The fourth-order valence-electron chi connectivity index (χ4n) is 1.48. The van der Waals surface area contributed by atoms with E-state index in [-0.39, 0.29) is 0 Å². The van der Waals surface area contributed by atoms with E-state index in [1.54, 1.807) is 30.3 Å². The van der Waals surface area contributed by atoms with Gasteiger partial charge >= 0.3 is 6.03 Å². The van der Waals surface area contributed by atoms with Crippen molar-refractivity contribution in [3.05, 3.63) is 52.8 Å². The minimum absolute atomic E-state index is 0.342. The topological polar surface area (TPSA) is 67.1 Å². The van der Waals surface area contributed by atoms with Crippen LogP contribution in [0, 0.1) is 5.82 Å². The van der Waals surface area contributed by atoms with E-state index < -0.39 is 11.8 Å². The lowest BCUT2D eigenvalue weighted by Crippen LogP contribution is -2.19. The highest BCUT2D eigenvalue weighted by Gasteiger charge is 2.05. The molecule has 19 heavy (non-hydrogen) atoms. The molecule has 0 saturated heterocycles. The van der Waals surface area contributed by atoms with Gasteiger partial charge in [0.15, 0.2) is 0 Å². The number of carbonyl (C=O) groups excluding carboxylic acids is 1. The lowest BCUT2D eigenvalue weighted by atomic mass is 10.3. The van der Waals surface area contributed by atoms with Crippen LogP contribution >= 0.6 is 15.9 Å². The van der Waals surface area contributed by atoms with Crippen molar-refractivity contribution in [2.75, 3.05) is 16.4 Å². The molecule has 6 heteroatoms. The summed E-state index contributed by atoms with van der Waals surface area (Å²) in [4.78, 5) is 11.7. The largest absolute Gasteiger partial charge is 0.399 e. The number of hydrogen-bond donors (Lipinski definition) is 3. The number of anilines is 3. The zero-order valence-electron chi connectivity index (χ0n) is 9.78. The van der Waals surface area contributed by atoms with Crippen molar-refractivity contribution < 1.29 is 9.18 Å². The summed E-state index contributed by atoms with van der Waals surface area (Å²) in [6, 6.07) is 10.6. The van der Waals surface area contributed by atoms with Gasteiger partial charge in [0.2, 0.25) is 0 Å². The van der Waals surface area contributed by atoms with E-state index in [0.29, 0.717) is 21.5 Å². The Morgan fingerprint density at radius 1 is 1.11 bits per heavy atom. The molecular formula is C13H11BrFN3O. The number of nitrogens with one attached hydrogen (secondary N) is 2. The average molecular weight is 324 g/mol. The lowest BCUT2D eigenvalue weighted by Gasteiger charge is -2.08. The number of amides is 2. The fourth-order valence-corrected chi connectivity index (χ4v) is 1.73. The van der Waals surface area contributed by atoms with Crippen LogP contribution in [0.2, 0.25) is 0 Å². The Bertz CT molecular complexity index is 619. The normalized spacial score (nSPS) is 10.0. The molecule has 0 atom stereocenters. The summed E-state index contributed by atoms with van der Waals surface area (Å²) in [5.41, 5.74) is 7.07.